The largest absolute Gasteiger partial charge is 0.402 e. The highest BCUT2D eigenvalue weighted by Crippen LogP contribution is 2.35. The zero-order chi connectivity index (χ0) is 17.8. The molecule has 2 aliphatic heterocycles. The number of fused-ring (bicyclic) bond motifs is 3. The van der Waals surface area contributed by atoms with E-state index in [4.69, 9.17) is 0 Å². The maximum Gasteiger partial charge on any atom is 0.402 e. The molecule has 24 heavy (non-hydrogen) atoms. The molecule has 1 aromatic rings. The predicted molar refractivity (Wildman–Crippen MR) is 90.1 cm³/mol. The molecule has 7 heteroatoms. The number of aromatic nitrogens is 2. The van der Waals surface area contributed by atoms with Gasteiger partial charge in [-0.25, -0.2) is 13.9 Å². The number of carbonyl (C=O) groups is 2. The first kappa shape index (κ1) is 16.4. The standard InChI is InChI=1S/C17H24N5O2/c1-7-8-20-15(23)13-14(19(6)17(20)24)18-16-21(9-10(2)3)11(4)12(5)22(13)16/h7,10,13H,1,8-9H2,2-6H3/q+1. The first-order valence-corrected chi connectivity index (χ1v) is 8.19. The SMILES string of the molecule is C=CCN1C(=O)C2C(=Nc3n2c(C)c(C)[n+]3CC(C)C)N(C)C1=O. The van der Waals surface area contributed by atoms with Gasteiger partial charge in [0, 0.05) is 13.6 Å². The van der Waals surface area contributed by atoms with E-state index in [-0.39, 0.29) is 18.5 Å². The molecule has 1 aromatic heterocycles. The molecular formula is C17H24N5O2+. The van der Waals surface area contributed by atoms with E-state index in [1.807, 2.05) is 18.4 Å². The summed E-state index contributed by atoms with van der Waals surface area (Å²) in [6, 6.07) is -0.930. The minimum absolute atomic E-state index is 0.201. The summed E-state index contributed by atoms with van der Waals surface area (Å²) < 4.78 is 4.09. The van der Waals surface area contributed by atoms with Crippen LogP contribution in [0.15, 0.2) is 17.6 Å². The highest BCUT2D eigenvalue weighted by Gasteiger charge is 2.53. The van der Waals surface area contributed by atoms with Gasteiger partial charge < -0.3 is 0 Å². The quantitative estimate of drug-likeness (QED) is 0.623. The molecule has 1 saturated heterocycles. The van der Waals surface area contributed by atoms with Crippen LogP contribution in [0.25, 0.3) is 0 Å². The number of hydrogen-bond acceptors (Lipinski definition) is 3. The van der Waals surface area contributed by atoms with Crippen molar-refractivity contribution >= 4 is 23.7 Å². The van der Waals surface area contributed by atoms with Crippen molar-refractivity contribution in [2.24, 2.45) is 10.9 Å². The summed E-state index contributed by atoms with van der Waals surface area (Å²) in [4.78, 5) is 32.7. The van der Waals surface area contributed by atoms with E-state index in [1.165, 1.54) is 9.80 Å². The van der Waals surface area contributed by atoms with Gasteiger partial charge in [0.2, 0.25) is 11.9 Å². The van der Waals surface area contributed by atoms with E-state index >= 15 is 0 Å². The highest BCUT2D eigenvalue weighted by atomic mass is 16.2. The first-order valence-electron chi connectivity index (χ1n) is 8.19. The zero-order valence-corrected chi connectivity index (χ0v) is 14.9. The molecule has 1 unspecified atom stereocenters. The Bertz CT molecular complexity index is 774. The summed E-state index contributed by atoms with van der Waals surface area (Å²) >= 11 is 0. The Kier molecular flexibility index (Phi) is 3.81. The van der Waals surface area contributed by atoms with Crippen molar-refractivity contribution in [3.8, 4) is 0 Å². The van der Waals surface area contributed by atoms with Gasteiger partial charge in [-0.3, -0.25) is 14.6 Å². The smallest absolute Gasteiger partial charge is 0.270 e. The number of amidine groups is 1. The Morgan fingerprint density at radius 3 is 2.58 bits per heavy atom. The summed E-state index contributed by atoms with van der Waals surface area (Å²) in [5.41, 5.74) is 2.10. The third kappa shape index (κ3) is 2.11. The zero-order valence-electron chi connectivity index (χ0n) is 14.9. The van der Waals surface area contributed by atoms with Crippen LogP contribution in [0.2, 0.25) is 0 Å². The molecular weight excluding hydrogens is 306 g/mol. The van der Waals surface area contributed by atoms with Crippen LogP contribution in [0.3, 0.4) is 0 Å². The third-order valence-electron chi connectivity index (χ3n) is 4.68. The van der Waals surface area contributed by atoms with Gasteiger partial charge in [-0.05, 0) is 19.8 Å². The fourth-order valence-corrected chi connectivity index (χ4v) is 3.38. The number of rotatable bonds is 4. The molecule has 7 nitrogen and oxygen atoms in total. The molecule has 3 rings (SSSR count). The molecule has 1 fully saturated rings. The van der Waals surface area contributed by atoms with Crippen molar-refractivity contribution in [1.29, 1.82) is 0 Å². The molecule has 1 atom stereocenters. The van der Waals surface area contributed by atoms with Gasteiger partial charge in [0.1, 0.15) is 11.4 Å². The van der Waals surface area contributed by atoms with Crippen LogP contribution in [0.5, 0.6) is 0 Å². The number of urea groups is 1. The summed E-state index contributed by atoms with van der Waals surface area (Å²) in [5.74, 6) is 1.45. The Morgan fingerprint density at radius 2 is 2.00 bits per heavy atom. The Hall–Kier alpha value is -2.44. The second kappa shape index (κ2) is 5.58. The fraction of sp³-hybridized carbons (Fsp3) is 0.529. The first-order chi connectivity index (χ1) is 11.3. The van der Waals surface area contributed by atoms with Crippen LogP contribution >= 0.6 is 0 Å². The molecule has 0 spiro atoms. The molecule has 0 N–H and O–H groups in total. The number of hydrogen-bond donors (Lipinski definition) is 0. The van der Waals surface area contributed by atoms with Crippen molar-refractivity contribution in [1.82, 2.24) is 14.4 Å². The lowest BCUT2D eigenvalue weighted by atomic mass is 10.1. The average Bonchev–Trinajstić information content (AvgIpc) is 3.01. The van der Waals surface area contributed by atoms with Crippen LogP contribution < -0.4 is 4.57 Å². The van der Waals surface area contributed by atoms with Gasteiger partial charge in [-0.15, -0.1) is 6.58 Å². The number of amides is 3. The minimum Gasteiger partial charge on any atom is -0.270 e. The van der Waals surface area contributed by atoms with Crippen molar-refractivity contribution in [2.75, 3.05) is 13.6 Å². The van der Waals surface area contributed by atoms with Gasteiger partial charge in [0.15, 0.2) is 0 Å². The number of imide groups is 1. The monoisotopic (exact) mass is 330 g/mol. The third-order valence-corrected chi connectivity index (χ3v) is 4.68. The summed E-state index contributed by atoms with van der Waals surface area (Å²) in [6.07, 6.45) is 1.56. The van der Waals surface area contributed by atoms with E-state index < -0.39 is 6.04 Å². The lowest BCUT2D eigenvalue weighted by Gasteiger charge is -2.32. The number of likely N-dealkylation sites (N-methyl/N-ethyl adjacent to an activating group) is 1. The van der Waals surface area contributed by atoms with E-state index in [0.717, 1.165) is 23.9 Å². The molecule has 0 aliphatic carbocycles. The Labute approximate surface area is 141 Å². The molecule has 0 radical (unpaired) electrons. The topological polar surface area (TPSA) is 61.8 Å². The molecule has 0 saturated carbocycles. The van der Waals surface area contributed by atoms with E-state index in [1.54, 1.807) is 13.1 Å². The fourth-order valence-electron chi connectivity index (χ4n) is 3.38. The number of nitrogens with zero attached hydrogens (tertiary/aromatic N) is 5. The van der Waals surface area contributed by atoms with Crippen LogP contribution in [-0.2, 0) is 11.3 Å². The minimum atomic E-state index is -0.574. The van der Waals surface area contributed by atoms with Crippen molar-refractivity contribution in [3.63, 3.8) is 0 Å². The number of imidazole rings is 1. The van der Waals surface area contributed by atoms with Crippen LogP contribution in [0.1, 0.15) is 31.3 Å². The van der Waals surface area contributed by atoms with Gasteiger partial charge in [0.05, 0.1) is 6.54 Å². The molecule has 2 aliphatic rings. The molecule has 128 valence electrons. The van der Waals surface area contributed by atoms with Gasteiger partial charge >= 0.3 is 12.0 Å². The highest BCUT2D eigenvalue weighted by molar-refractivity contribution is 6.20. The lowest BCUT2D eigenvalue weighted by molar-refractivity contribution is -0.694. The summed E-state index contributed by atoms with van der Waals surface area (Å²) in [5, 5.41) is 0. The molecule has 3 amide bonds. The summed E-state index contributed by atoms with van der Waals surface area (Å²) in [7, 11) is 1.66. The Morgan fingerprint density at radius 1 is 1.33 bits per heavy atom. The average molecular weight is 330 g/mol. The number of carbonyl (C=O) groups excluding carboxylic acids is 2. The van der Waals surface area contributed by atoms with Crippen LogP contribution in [0.4, 0.5) is 10.7 Å². The van der Waals surface area contributed by atoms with E-state index in [0.29, 0.717) is 11.8 Å². The van der Waals surface area contributed by atoms with Crippen molar-refractivity contribution in [3.05, 3.63) is 24.0 Å². The summed E-state index contributed by atoms with van der Waals surface area (Å²) in [6.45, 7) is 13.0. The molecule has 3 heterocycles. The van der Waals surface area contributed by atoms with Gasteiger partial charge in [-0.1, -0.05) is 24.9 Å². The van der Waals surface area contributed by atoms with Gasteiger partial charge in [0.25, 0.3) is 5.91 Å². The molecule has 0 bridgehead atoms. The maximum atomic E-state index is 12.9. The predicted octanol–water partition coefficient (Wildman–Crippen LogP) is 1.71. The van der Waals surface area contributed by atoms with Crippen molar-refractivity contribution < 1.29 is 14.2 Å². The Balaban J connectivity index is 2.15. The second-order valence-corrected chi connectivity index (χ2v) is 6.80. The molecule has 0 aromatic carbocycles. The normalized spacial score (nSPS) is 19.8. The lowest BCUT2D eigenvalue weighted by Crippen LogP contribution is -2.57. The van der Waals surface area contributed by atoms with Gasteiger partial charge in [-0.2, -0.15) is 0 Å². The van der Waals surface area contributed by atoms with E-state index in [9.17, 15) is 9.59 Å². The van der Waals surface area contributed by atoms with E-state index in [2.05, 4.69) is 30.0 Å². The number of aliphatic imine (C=N–C) groups is 1. The van der Waals surface area contributed by atoms with Crippen LogP contribution in [-0.4, -0.2) is 45.7 Å². The second-order valence-electron chi connectivity index (χ2n) is 6.80. The van der Waals surface area contributed by atoms with Crippen LogP contribution in [0, 0.1) is 19.8 Å². The maximum absolute atomic E-state index is 12.9. The van der Waals surface area contributed by atoms with Crippen molar-refractivity contribution in [2.45, 2.75) is 40.3 Å².